The van der Waals surface area contributed by atoms with Crippen LogP contribution in [-0.4, -0.2) is 85.3 Å². The number of fused-ring (bicyclic) bond motifs is 3. The lowest BCUT2D eigenvalue weighted by Crippen LogP contribution is -2.57. The van der Waals surface area contributed by atoms with Crippen LogP contribution in [-0.2, 0) is 19.0 Å². The van der Waals surface area contributed by atoms with Gasteiger partial charge in [0, 0.05) is 37.8 Å². The molecule has 0 bridgehead atoms. The minimum atomic E-state index is -1.14. The number of alkyl carbamates (subject to hydrolysis) is 1. The Bertz CT molecular complexity index is 1570. The van der Waals surface area contributed by atoms with E-state index in [4.69, 9.17) is 14.2 Å². The molecule has 0 saturated heterocycles. The Morgan fingerprint density at radius 1 is 0.612 bits per heavy atom. The van der Waals surface area contributed by atoms with Crippen molar-refractivity contribution in [3.63, 3.8) is 0 Å². The van der Waals surface area contributed by atoms with Gasteiger partial charge < -0.3 is 30.0 Å². The fourth-order valence-electron chi connectivity index (χ4n) is 9.52. The van der Waals surface area contributed by atoms with E-state index in [1.165, 1.54) is 144 Å². The van der Waals surface area contributed by atoms with Gasteiger partial charge in [-0.1, -0.05) is 204 Å². The van der Waals surface area contributed by atoms with Crippen LogP contribution in [0.15, 0.2) is 48.5 Å². The minimum absolute atomic E-state index is 0.0260. The Hall–Kier alpha value is -3.63. The first-order valence-corrected chi connectivity index (χ1v) is 27.2. The molecule has 3 N–H and O–H groups in total. The number of nitrogens with zero attached hydrogens (tertiary/aromatic N) is 1. The van der Waals surface area contributed by atoms with Crippen molar-refractivity contribution in [2.45, 2.75) is 232 Å². The van der Waals surface area contributed by atoms with Crippen molar-refractivity contribution in [3.8, 4) is 11.1 Å². The van der Waals surface area contributed by atoms with Gasteiger partial charge in [0.25, 0.3) is 0 Å². The van der Waals surface area contributed by atoms with Crippen LogP contribution in [0.1, 0.15) is 225 Å². The fourth-order valence-corrected chi connectivity index (χ4v) is 9.52. The summed E-state index contributed by atoms with van der Waals surface area (Å²) < 4.78 is 18.2. The van der Waals surface area contributed by atoms with Gasteiger partial charge in [-0.25, -0.2) is 9.59 Å². The van der Waals surface area contributed by atoms with Gasteiger partial charge in [0.15, 0.2) is 0 Å². The smallest absolute Gasteiger partial charge is 0.408 e. The van der Waals surface area contributed by atoms with Crippen LogP contribution in [0.5, 0.6) is 0 Å². The average molecular weight is 934 g/mol. The van der Waals surface area contributed by atoms with E-state index in [1.54, 1.807) is 0 Å². The summed E-state index contributed by atoms with van der Waals surface area (Å²) in [6.07, 6.45) is 30.2. The molecule has 380 valence electrons. The van der Waals surface area contributed by atoms with Crippen LogP contribution in [0.25, 0.3) is 11.1 Å². The monoisotopic (exact) mass is 934 g/mol. The molecule has 67 heavy (non-hydrogen) atoms. The highest BCUT2D eigenvalue weighted by Crippen LogP contribution is 2.44. The maximum atomic E-state index is 14.0. The van der Waals surface area contributed by atoms with E-state index in [-0.39, 0.29) is 31.1 Å². The van der Waals surface area contributed by atoms with Crippen molar-refractivity contribution in [2.75, 3.05) is 39.5 Å². The fraction of sp³-hybridized carbons (Fsp3) is 0.737. The van der Waals surface area contributed by atoms with Gasteiger partial charge in [-0.3, -0.25) is 9.69 Å². The highest BCUT2D eigenvalue weighted by molar-refractivity contribution is 5.85. The SMILES string of the molecule is CCCCCCCCCCCCCCOCC(CNC(=O)[C@H](CCCCNC(=O)OCC1c2ccccc2-c2ccccc21)N(C(=O)O)C(C)(C)C)OCCCCCCCCCCCCCC. The van der Waals surface area contributed by atoms with Crippen molar-refractivity contribution in [1.29, 1.82) is 0 Å². The number of nitrogens with one attached hydrogen (secondary N) is 2. The largest absolute Gasteiger partial charge is 0.465 e. The number of rotatable bonds is 40. The summed E-state index contributed by atoms with van der Waals surface area (Å²) in [5, 5.41) is 16.3. The third-order valence-corrected chi connectivity index (χ3v) is 13.4. The van der Waals surface area contributed by atoms with E-state index in [1.807, 2.05) is 45.0 Å². The molecule has 10 nitrogen and oxygen atoms in total. The van der Waals surface area contributed by atoms with Gasteiger partial charge in [0.2, 0.25) is 5.91 Å². The molecule has 2 aromatic rings. The first-order valence-electron chi connectivity index (χ1n) is 27.2. The first kappa shape index (κ1) is 57.7. The van der Waals surface area contributed by atoms with E-state index in [9.17, 15) is 19.5 Å². The third-order valence-electron chi connectivity index (χ3n) is 13.4. The second-order valence-corrected chi connectivity index (χ2v) is 20.2. The number of ether oxygens (including phenoxy) is 3. The van der Waals surface area contributed by atoms with Crippen LogP contribution in [0, 0.1) is 0 Å². The van der Waals surface area contributed by atoms with E-state index in [2.05, 4.69) is 48.7 Å². The normalized spacial score (nSPS) is 13.2. The van der Waals surface area contributed by atoms with Gasteiger partial charge in [-0.05, 0) is 75.1 Å². The van der Waals surface area contributed by atoms with E-state index in [0.717, 1.165) is 36.8 Å². The van der Waals surface area contributed by atoms with E-state index < -0.39 is 23.8 Å². The molecule has 2 aromatic carbocycles. The van der Waals surface area contributed by atoms with E-state index in [0.29, 0.717) is 45.6 Å². The number of carbonyl (C=O) groups excluding carboxylic acids is 2. The lowest BCUT2D eigenvalue weighted by Gasteiger charge is -2.39. The van der Waals surface area contributed by atoms with Crippen LogP contribution in [0.4, 0.5) is 9.59 Å². The van der Waals surface area contributed by atoms with Crippen LogP contribution >= 0.6 is 0 Å². The quantitative estimate of drug-likeness (QED) is 0.0568. The third kappa shape index (κ3) is 24.0. The average Bonchev–Trinajstić information content (AvgIpc) is 3.63. The molecule has 0 spiro atoms. The predicted molar refractivity (Wildman–Crippen MR) is 276 cm³/mol. The topological polar surface area (TPSA) is 126 Å². The number of benzene rings is 2. The van der Waals surface area contributed by atoms with Crippen molar-refractivity contribution in [3.05, 3.63) is 59.7 Å². The molecule has 0 aromatic heterocycles. The van der Waals surface area contributed by atoms with E-state index >= 15 is 0 Å². The Labute approximate surface area is 407 Å². The molecule has 2 atom stereocenters. The predicted octanol–water partition coefficient (Wildman–Crippen LogP) is 14.8. The minimum Gasteiger partial charge on any atom is -0.465 e. The van der Waals surface area contributed by atoms with Gasteiger partial charge in [0.05, 0.1) is 12.7 Å². The molecule has 3 rings (SSSR count). The van der Waals surface area contributed by atoms with Crippen molar-refractivity contribution in [2.24, 2.45) is 0 Å². The Morgan fingerprint density at radius 2 is 1.07 bits per heavy atom. The summed E-state index contributed by atoms with van der Waals surface area (Å²) in [5.74, 6) is -0.372. The van der Waals surface area contributed by atoms with Crippen molar-refractivity contribution < 1.29 is 33.7 Å². The lowest BCUT2D eigenvalue weighted by atomic mass is 9.98. The molecule has 1 unspecified atom stereocenters. The summed E-state index contributed by atoms with van der Waals surface area (Å²) in [4.78, 5) is 40.8. The van der Waals surface area contributed by atoms with Gasteiger partial charge in [0.1, 0.15) is 12.6 Å². The zero-order valence-electron chi connectivity index (χ0n) is 43.0. The molecule has 10 heteroatoms. The summed E-state index contributed by atoms with van der Waals surface area (Å²) >= 11 is 0. The lowest BCUT2D eigenvalue weighted by molar-refractivity contribution is -0.129. The van der Waals surface area contributed by atoms with Crippen molar-refractivity contribution >= 4 is 18.1 Å². The zero-order valence-corrected chi connectivity index (χ0v) is 43.0. The maximum absolute atomic E-state index is 14.0. The number of hydrogen-bond acceptors (Lipinski definition) is 6. The molecule has 0 radical (unpaired) electrons. The second kappa shape index (κ2) is 35.5. The highest BCUT2D eigenvalue weighted by Gasteiger charge is 2.37. The molecular weight excluding hydrogens is 839 g/mol. The number of unbranched alkanes of at least 4 members (excludes halogenated alkanes) is 23. The number of amides is 3. The summed E-state index contributed by atoms with van der Waals surface area (Å²) in [6, 6.07) is 15.6. The molecular formula is C57H95N3O7. The first-order chi connectivity index (χ1) is 32.6. The number of carbonyl (C=O) groups is 3. The number of hydrogen-bond donors (Lipinski definition) is 3. The van der Waals surface area contributed by atoms with Crippen LogP contribution in [0.3, 0.4) is 0 Å². The summed E-state index contributed by atoms with van der Waals surface area (Å²) in [7, 11) is 0. The molecule has 1 aliphatic carbocycles. The van der Waals surface area contributed by atoms with Crippen LogP contribution in [0.2, 0.25) is 0 Å². The van der Waals surface area contributed by atoms with Gasteiger partial charge >= 0.3 is 12.2 Å². The zero-order chi connectivity index (χ0) is 48.4. The Balaban J connectivity index is 1.45. The van der Waals surface area contributed by atoms with Gasteiger partial charge in [-0.15, -0.1) is 0 Å². The highest BCUT2D eigenvalue weighted by atomic mass is 16.5. The van der Waals surface area contributed by atoms with Crippen LogP contribution < -0.4 is 10.6 Å². The Kier molecular flexibility index (Phi) is 30.5. The summed E-state index contributed by atoms with van der Waals surface area (Å²) in [5.41, 5.74) is 3.85. The van der Waals surface area contributed by atoms with Gasteiger partial charge in [-0.2, -0.15) is 0 Å². The maximum Gasteiger partial charge on any atom is 0.408 e. The molecule has 1 aliphatic rings. The Morgan fingerprint density at radius 3 is 1.55 bits per heavy atom. The summed E-state index contributed by atoms with van der Waals surface area (Å²) in [6.45, 7) is 12.4. The molecule has 0 heterocycles. The van der Waals surface area contributed by atoms with Crippen molar-refractivity contribution in [1.82, 2.24) is 15.5 Å². The second-order valence-electron chi connectivity index (χ2n) is 20.2. The molecule has 0 saturated carbocycles. The standard InChI is InChI=1S/C57H95N3O7/c1-6-8-10-12-14-16-18-20-22-24-26-34-42-65-45-47(66-43-35-27-25-23-21-19-17-15-13-11-9-7-2)44-59-54(61)53(60(56(63)64)57(3,4)5)40-32-33-41-58-55(62)67-46-52-50-38-30-28-36-48(50)49-37-29-31-39-51(49)52/h28-31,36-39,47,52-53H,6-27,32-35,40-46H2,1-5H3,(H,58,62)(H,59,61)(H,63,64)/t47?,53-/m0/s1. The molecule has 3 amide bonds. The molecule has 0 fully saturated rings. The molecule has 0 aliphatic heterocycles. The number of carboxylic acid groups (broad SMARTS) is 1.